The molecule has 0 aliphatic heterocycles. The maximum absolute atomic E-state index is 6.11. The number of ether oxygens (including phenoxy) is 1. The van der Waals surface area contributed by atoms with E-state index in [2.05, 4.69) is 15.3 Å². The Balaban J connectivity index is 2.12. The van der Waals surface area contributed by atoms with Crippen molar-refractivity contribution in [2.24, 2.45) is 0 Å². The molecule has 100 valence electrons. The molecule has 0 bridgehead atoms. The van der Waals surface area contributed by atoms with E-state index in [0.717, 1.165) is 22.0 Å². The fraction of sp³-hybridized carbons (Fsp3) is 0.286. The van der Waals surface area contributed by atoms with Crippen molar-refractivity contribution < 1.29 is 4.74 Å². The molecule has 2 aromatic rings. The van der Waals surface area contributed by atoms with Crippen LogP contribution in [0.5, 0.6) is 5.88 Å². The van der Waals surface area contributed by atoms with E-state index in [4.69, 9.17) is 16.3 Å². The molecule has 0 saturated carbocycles. The lowest BCUT2D eigenvalue weighted by Crippen LogP contribution is -2.06. The highest BCUT2D eigenvalue weighted by atomic mass is 35.5. The summed E-state index contributed by atoms with van der Waals surface area (Å²) in [6, 6.07) is 7.72. The van der Waals surface area contributed by atoms with Crippen molar-refractivity contribution in [2.75, 3.05) is 11.9 Å². The second-order valence-corrected chi connectivity index (χ2v) is 4.44. The largest absolute Gasteiger partial charge is 0.478 e. The number of aromatic nitrogens is 2. The highest BCUT2D eigenvalue weighted by Gasteiger charge is 2.08. The molecule has 0 aliphatic rings. The van der Waals surface area contributed by atoms with Crippen molar-refractivity contribution in [1.82, 2.24) is 9.97 Å². The number of rotatable bonds is 5. The zero-order valence-corrected chi connectivity index (χ0v) is 11.7. The van der Waals surface area contributed by atoms with Gasteiger partial charge in [0.15, 0.2) is 0 Å². The van der Waals surface area contributed by atoms with Crippen molar-refractivity contribution in [2.45, 2.75) is 20.4 Å². The first-order valence-corrected chi connectivity index (χ1v) is 6.51. The number of hydrogen-bond donors (Lipinski definition) is 1. The lowest BCUT2D eigenvalue weighted by atomic mass is 10.2. The monoisotopic (exact) mass is 277 g/mol. The molecule has 0 fully saturated rings. The fourth-order valence-corrected chi connectivity index (χ4v) is 1.92. The molecule has 0 atom stereocenters. The number of halogens is 1. The Hall–Kier alpha value is -1.81. The van der Waals surface area contributed by atoms with E-state index in [-0.39, 0.29) is 0 Å². The normalized spacial score (nSPS) is 10.3. The van der Waals surface area contributed by atoms with Crippen molar-refractivity contribution in [1.29, 1.82) is 0 Å². The third-order valence-electron chi connectivity index (χ3n) is 2.72. The second-order valence-electron chi connectivity index (χ2n) is 4.03. The van der Waals surface area contributed by atoms with Crippen LogP contribution in [0.2, 0.25) is 5.02 Å². The average Bonchev–Trinajstić information content (AvgIpc) is 2.42. The number of nitrogens with one attached hydrogen (secondary N) is 1. The first kappa shape index (κ1) is 13.6. The Morgan fingerprint density at radius 2 is 2.05 bits per heavy atom. The van der Waals surface area contributed by atoms with E-state index in [1.54, 1.807) is 0 Å². The number of benzene rings is 1. The highest BCUT2D eigenvalue weighted by Crippen LogP contribution is 2.22. The summed E-state index contributed by atoms with van der Waals surface area (Å²) >= 11 is 6.11. The summed E-state index contributed by atoms with van der Waals surface area (Å²) in [4.78, 5) is 8.32. The van der Waals surface area contributed by atoms with Gasteiger partial charge in [0, 0.05) is 11.6 Å². The van der Waals surface area contributed by atoms with Gasteiger partial charge in [-0.05, 0) is 25.5 Å². The van der Waals surface area contributed by atoms with E-state index in [0.29, 0.717) is 19.0 Å². The molecule has 0 aliphatic carbocycles. The summed E-state index contributed by atoms with van der Waals surface area (Å²) in [6.07, 6.45) is 1.49. The zero-order valence-electron chi connectivity index (χ0n) is 11.0. The van der Waals surface area contributed by atoms with Crippen molar-refractivity contribution in [3.05, 3.63) is 46.7 Å². The Bertz CT molecular complexity index is 560. The summed E-state index contributed by atoms with van der Waals surface area (Å²) in [7, 11) is 0. The SMILES string of the molecule is CCOc1ncnc(NCc2ccccc2Cl)c1C. The van der Waals surface area contributed by atoms with Crippen LogP contribution >= 0.6 is 11.6 Å². The van der Waals surface area contributed by atoms with Crippen LogP contribution in [0.4, 0.5) is 5.82 Å². The van der Waals surface area contributed by atoms with E-state index in [1.807, 2.05) is 38.1 Å². The molecule has 2 rings (SSSR count). The van der Waals surface area contributed by atoms with Gasteiger partial charge in [0.05, 0.1) is 12.2 Å². The van der Waals surface area contributed by atoms with Crippen LogP contribution in [-0.4, -0.2) is 16.6 Å². The van der Waals surface area contributed by atoms with E-state index >= 15 is 0 Å². The van der Waals surface area contributed by atoms with Gasteiger partial charge in [0.25, 0.3) is 0 Å². The third-order valence-corrected chi connectivity index (χ3v) is 3.09. The van der Waals surface area contributed by atoms with Gasteiger partial charge in [-0.25, -0.2) is 9.97 Å². The minimum atomic E-state index is 0.585. The molecule has 4 nitrogen and oxygen atoms in total. The van der Waals surface area contributed by atoms with Crippen LogP contribution in [0.1, 0.15) is 18.1 Å². The molecule has 1 aromatic carbocycles. The molecule has 0 spiro atoms. The number of anilines is 1. The molecule has 0 amide bonds. The molecule has 5 heteroatoms. The van der Waals surface area contributed by atoms with E-state index in [9.17, 15) is 0 Å². The highest BCUT2D eigenvalue weighted by molar-refractivity contribution is 6.31. The maximum Gasteiger partial charge on any atom is 0.221 e. The van der Waals surface area contributed by atoms with E-state index < -0.39 is 0 Å². The van der Waals surface area contributed by atoms with Crippen LogP contribution in [0.25, 0.3) is 0 Å². The van der Waals surface area contributed by atoms with Crippen LogP contribution < -0.4 is 10.1 Å². The molecule has 1 heterocycles. The van der Waals surface area contributed by atoms with Crippen molar-refractivity contribution in [3.63, 3.8) is 0 Å². The summed E-state index contributed by atoms with van der Waals surface area (Å²) in [6.45, 7) is 5.06. The Morgan fingerprint density at radius 3 is 2.79 bits per heavy atom. The summed E-state index contributed by atoms with van der Waals surface area (Å²) < 4.78 is 5.44. The standard InChI is InChI=1S/C14H16ClN3O/c1-3-19-14-10(2)13(17-9-18-14)16-8-11-6-4-5-7-12(11)15/h4-7,9H,3,8H2,1-2H3,(H,16,17,18). The minimum Gasteiger partial charge on any atom is -0.478 e. The van der Waals surface area contributed by atoms with Crippen molar-refractivity contribution >= 4 is 17.4 Å². The predicted octanol–water partition coefficient (Wildman–Crippen LogP) is 3.45. The van der Waals surface area contributed by atoms with Gasteiger partial charge in [0.1, 0.15) is 12.1 Å². The molecule has 1 aromatic heterocycles. The summed E-state index contributed by atoms with van der Waals surface area (Å²) in [5.74, 6) is 1.37. The topological polar surface area (TPSA) is 47.0 Å². The Labute approximate surface area is 117 Å². The molecule has 0 saturated heterocycles. The lowest BCUT2D eigenvalue weighted by molar-refractivity contribution is 0.324. The Morgan fingerprint density at radius 1 is 1.26 bits per heavy atom. The van der Waals surface area contributed by atoms with Gasteiger partial charge in [-0.15, -0.1) is 0 Å². The molecule has 1 N–H and O–H groups in total. The molecular weight excluding hydrogens is 262 g/mol. The van der Waals surface area contributed by atoms with Gasteiger partial charge in [-0.1, -0.05) is 29.8 Å². The van der Waals surface area contributed by atoms with Crippen LogP contribution in [-0.2, 0) is 6.54 Å². The average molecular weight is 278 g/mol. The number of hydrogen-bond acceptors (Lipinski definition) is 4. The summed E-state index contributed by atoms with van der Waals surface area (Å²) in [5, 5.41) is 4.00. The fourth-order valence-electron chi connectivity index (χ4n) is 1.72. The lowest BCUT2D eigenvalue weighted by Gasteiger charge is -2.12. The van der Waals surface area contributed by atoms with Gasteiger partial charge < -0.3 is 10.1 Å². The Kier molecular flexibility index (Phi) is 4.58. The maximum atomic E-state index is 6.11. The zero-order chi connectivity index (χ0) is 13.7. The van der Waals surface area contributed by atoms with Crippen molar-refractivity contribution in [3.8, 4) is 5.88 Å². The quantitative estimate of drug-likeness (QED) is 0.909. The second kappa shape index (κ2) is 6.38. The molecular formula is C14H16ClN3O. The van der Waals surface area contributed by atoms with Crippen LogP contribution in [0.3, 0.4) is 0 Å². The van der Waals surface area contributed by atoms with Crippen LogP contribution in [0, 0.1) is 6.92 Å². The molecule has 19 heavy (non-hydrogen) atoms. The first-order chi connectivity index (χ1) is 9.22. The number of nitrogens with zero attached hydrogens (tertiary/aromatic N) is 2. The van der Waals surface area contributed by atoms with Gasteiger partial charge >= 0.3 is 0 Å². The van der Waals surface area contributed by atoms with Gasteiger partial charge in [-0.3, -0.25) is 0 Å². The van der Waals surface area contributed by atoms with Gasteiger partial charge in [0.2, 0.25) is 5.88 Å². The third kappa shape index (κ3) is 3.35. The molecule has 0 radical (unpaired) electrons. The first-order valence-electron chi connectivity index (χ1n) is 6.14. The predicted molar refractivity (Wildman–Crippen MR) is 76.7 cm³/mol. The minimum absolute atomic E-state index is 0.585. The smallest absolute Gasteiger partial charge is 0.221 e. The van der Waals surface area contributed by atoms with Gasteiger partial charge in [-0.2, -0.15) is 0 Å². The van der Waals surface area contributed by atoms with E-state index in [1.165, 1.54) is 6.33 Å². The summed E-state index contributed by atoms with van der Waals surface area (Å²) in [5.41, 5.74) is 1.93. The van der Waals surface area contributed by atoms with Crippen LogP contribution in [0.15, 0.2) is 30.6 Å². The molecule has 0 unspecified atom stereocenters.